The molecule has 0 aliphatic carbocycles. The maximum Gasteiger partial charge on any atom is 0.344 e. The average Bonchev–Trinajstić information content (AvgIpc) is 2.39. The highest BCUT2D eigenvalue weighted by Gasteiger charge is 2.10. The molecule has 0 spiro atoms. The van der Waals surface area contributed by atoms with Gasteiger partial charge in [0.2, 0.25) is 0 Å². The van der Waals surface area contributed by atoms with E-state index in [0.29, 0.717) is 16.2 Å². The summed E-state index contributed by atoms with van der Waals surface area (Å²) in [4.78, 5) is 12.1. The minimum Gasteiger partial charge on any atom is -0.422 e. The van der Waals surface area contributed by atoms with Gasteiger partial charge >= 0.3 is 5.63 Å². The normalized spacial score (nSPS) is 10.8. The van der Waals surface area contributed by atoms with Crippen LogP contribution >= 0.6 is 27.5 Å². The van der Waals surface area contributed by atoms with Crippen molar-refractivity contribution in [2.75, 3.05) is 0 Å². The van der Waals surface area contributed by atoms with Gasteiger partial charge in [0.1, 0.15) is 5.58 Å². The summed E-state index contributed by atoms with van der Waals surface area (Å²) in [6.45, 7) is 0. The monoisotopic (exact) mass is 334 g/mol. The van der Waals surface area contributed by atoms with Gasteiger partial charge in [-0.1, -0.05) is 45.7 Å². The molecule has 94 valence electrons. The van der Waals surface area contributed by atoms with Crippen molar-refractivity contribution in [2.24, 2.45) is 0 Å². The Bertz CT molecular complexity index is 824. The van der Waals surface area contributed by atoms with Crippen molar-refractivity contribution < 1.29 is 4.42 Å². The fourth-order valence-corrected chi connectivity index (χ4v) is 2.64. The van der Waals surface area contributed by atoms with Gasteiger partial charge in [-0.2, -0.15) is 0 Å². The van der Waals surface area contributed by atoms with Gasteiger partial charge in [0.05, 0.1) is 5.56 Å². The largest absolute Gasteiger partial charge is 0.422 e. The van der Waals surface area contributed by atoms with Gasteiger partial charge in [0.15, 0.2) is 0 Å². The quantitative estimate of drug-likeness (QED) is 0.594. The fourth-order valence-electron chi connectivity index (χ4n) is 1.96. The molecule has 2 nitrogen and oxygen atoms in total. The lowest BCUT2D eigenvalue weighted by Gasteiger charge is -2.04. The third kappa shape index (κ3) is 2.31. The number of hydrogen-bond acceptors (Lipinski definition) is 2. The SMILES string of the molecule is O=c1oc2ccc(Cl)cc2cc1-c1ccccc1Br. The lowest BCUT2D eigenvalue weighted by molar-refractivity contribution is 0.563. The first-order valence-corrected chi connectivity index (χ1v) is 6.80. The Balaban J connectivity index is 2.33. The number of hydrogen-bond donors (Lipinski definition) is 0. The number of halogens is 2. The number of rotatable bonds is 1. The van der Waals surface area contributed by atoms with Crippen LogP contribution in [0.3, 0.4) is 0 Å². The van der Waals surface area contributed by atoms with E-state index in [1.165, 1.54) is 0 Å². The predicted molar refractivity (Wildman–Crippen MR) is 80.6 cm³/mol. The summed E-state index contributed by atoms with van der Waals surface area (Å²) in [5.41, 5.74) is 1.49. The van der Waals surface area contributed by atoms with Gasteiger partial charge in [-0.05, 0) is 30.3 Å². The van der Waals surface area contributed by atoms with E-state index in [9.17, 15) is 4.79 Å². The van der Waals surface area contributed by atoms with E-state index < -0.39 is 0 Å². The van der Waals surface area contributed by atoms with Crippen molar-refractivity contribution in [3.05, 3.63) is 68.4 Å². The van der Waals surface area contributed by atoms with Crippen LogP contribution < -0.4 is 5.63 Å². The fraction of sp³-hybridized carbons (Fsp3) is 0. The Labute approximate surface area is 122 Å². The minimum absolute atomic E-state index is 0.360. The summed E-state index contributed by atoms with van der Waals surface area (Å²) >= 11 is 9.40. The van der Waals surface area contributed by atoms with E-state index in [1.807, 2.05) is 24.3 Å². The van der Waals surface area contributed by atoms with Crippen molar-refractivity contribution in [3.63, 3.8) is 0 Å². The summed E-state index contributed by atoms with van der Waals surface area (Å²) in [7, 11) is 0. The molecule has 2 aromatic carbocycles. The van der Waals surface area contributed by atoms with Crippen LogP contribution in [0.4, 0.5) is 0 Å². The Hall–Kier alpha value is -1.58. The van der Waals surface area contributed by atoms with E-state index in [2.05, 4.69) is 15.9 Å². The van der Waals surface area contributed by atoms with Crippen LogP contribution in [-0.2, 0) is 0 Å². The molecule has 0 amide bonds. The molecule has 0 radical (unpaired) electrons. The van der Waals surface area contributed by atoms with E-state index in [1.54, 1.807) is 24.3 Å². The molecule has 19 heavy (non-hydrogen) atoms. The van der Waals surface area contributed by atoms with Crippen LogP contribution in [-0.4, -0.2) is 0 Å². The van der Waals surface area contributed by atoms with Gasteiger partial charge in [-0.15, -0.1) is 0 Å². The van der Waals surface area contributed by atoms with Gasteiger partial charge in [-0.25, -0.2) is 4.79 Å². The molecule has 0 aliphatic heterocycles. The maximum atomic E-state index is 12.1. The van der Waals surface area contributed by atoms with Crippen molar-refractivity contribution in [1.82, 2.24) is 0 Å². The summed E-state index contributed by atoms with van der Waals surface area (Å²) in [5.74, 6) is 0. The minimum atomic E-state index is -0.360. The second-order valence-electron chi connectivity index (χ2n) is 4.11. The first-order valence-electron chi connectivity index (χ1n) is 5.63. The van der Waals surface area contributed by atoms with Crippen molar-refractivity contribution in [3.8, 4) is 11.1 Å². The second kappa shape index (κ2) is 4.83. The molecule has 4 heteroatoms. The molecular formula is C15H8BrClO2. The Morgan fingerprint density at radius 1 is 1.00 bits per heavy atom. The van der Waals surface area contributed by atoms with E-state index in [-0.39, 0.29) is 5.63 Å². The van der Waals surface area contributed by atoms with Crippen molar-refractivity contribution in [1.29, 1.82) is 0 Å². The van der Waals surface area contributed by atoms with Gasteiger partial charge in [0, 0.05) is 20.4 Å². The summed E-state index contributed by atoms with van der Waals surface area (Å²) in [5, 5.41) is 1.41. The van der Waals surface area contributed by atoms with E-state index in [0.717, 1.165) is 15.4 Å². The zero-order valence-electron chi connectivity index (χ0n) is 9.69. The van der Waals surface area contributed by atoms with Gasteiger partial charge in [-0.3, -0.25) is 0 Å². The molecule has 0 bridgehead atoms. The van der Waals surface area contributed by atoms with Gasteiger partial charge < -0.3 is 4.42 Å². The highest BCUT2D eigenvalue weighted by Crippen LogP contribution is 2.28. The molecule has 0 saturated heterocycles. The lowest BCUT2D eigenvalue weighted by Crippen LogP contribution is -2.02. The van der Waals surface area contributed by atoms with Gasteiger partial charge in [0.25, 0.3) is 0 Å². The molecule has 0 aliphatic rings. The zero-order chi connectivity index (χ0) is 13.4. The molecule has 0 unspecified atom stereocenters. The Kier molecular flexibility index (Phi) is 3.17. The molecule has 1 aromatic heterocycles. The second-order valence-corrected chi connectivity index (χ2v) is 5.40. The highest BCUT2D eigenvalue weighted by molar-refractivity contribution is 9.10. The summed E-state index contributed by atoms with van der Waals surface area (Å²) in [6, 6.07) is 14.5. The first kappa shape index (κ1) is 12.5. The first-order chi connectivity index (χ1) is 9.15. The van der Waals surface area contributed by atoms with Crippen LogP contribution in [0, 0.1) is 0 Å². The van der Waals surface area contributed by atoms with Crippen LogP contribution in [0.25, 0.3) is 22.1 Å². The van der Waals surface area contributed by atoms with Crippen LogP contribution in [0.2, 0.25) is 5.02 Å². The maximum absolute atomic E-state index is 12.1. The topological polar surface area (TPSA) is 30.2 Å². The van der Waals surface area contributed by atoms with E-state index in [4.69, 9.17) is 16.0 Å². The number of benzene rings is 2. The Morgan fingerprint density at radius 3 is 2.58 bits per heavy atom. The third-order valence-electron chi connectivity index (χ3n) is 2.86. The molecule has 3 rings (SSSR count). The molecule has 0 atom stereocenters. The average molecular weight is 336 g/mol. The standard InChI is InChI=1S/C15H8BrClO2/c16-13-4-2-1-3-11(13)12-8-9-7-10(17)5-6-14(9)19-15(12)18/h1-8H. The highest BCUT2D eigenvalue weighted by atomic mass is 79.9. The van der Waals surface area contributed by atoms with Crippen LogP contribution in [0.15, 0.2) is 62.2 Å². The summed E-state index contributed by atoms with van der Waals surface area (Å²) in [6.07, 6.45) is 0. The smallest absolute Gasteiger partial charge is 0.344 e. The van der Waals surface area contributed by atoms with Crippen LogP contribution in [0.5, 0.6) is 0 Å². The van der Waals surface area contributed by atoms with Crippen molar-refractivity contribution in [2.45, 2.75) is 0 Å². The summed E-state index contributed by atoms with van der Waals surface area (Å²) < 4.78 is 6.17. The van der Waals surface area contributed by atoms with Crippen molar-refractivity contribution >= 4 is 38.5 Å². The zero-order valence-corrected chi connectivity index (χ0v) is 12.0. The Morgan fingerprint density at radius 2 is 1.79 bits per heavy atom. The number of fused-ring (bicyclic) bond motifs is 1. The molecular weight excluding hydrogens is 328 g/mol. The molecule has 0 N–H and O–H groups in total. The van der Waals surface area contributed by atoms with Crippen LogP contribution in [0.1, 0.15) is 0 Å². The third-order valence-corrected chi connectivity index (χ3v) is 3.78. The molecule has 0 fully saturated rings. The molecule has 3 aromatic rings. The lowest BCUT2D eigenvalue weighted by atomic mass is 10.1. The van der Waals surface area contributed by atoms with E-state index >= 15 is 0 Å². The molecule has 1 heterocycles. The molecule has 0 saturated carbocycles. The predicted octanol–water partition coefficient (Wildman–Crippen LogP) is 4.88.